The van der Waals surface area contributed by atoms with E-state index in [1.54, 1.807) is 0 Å². The SMILES string of the molecule is O=C(OC/C=C1/CN2CCC1CC2)C(O)(c1ccccc1)C1CCCC1. The molecule has 0 aromatic heterocycles. The fourth-order valence-corrected chi connectivity index (χ4v) is 4.97. The number of hydrogen-bond acceptors (Lipinski definition) is 4. The van der Waals surface area contributed by atoms with Crippen LogP contribution in [0.1, 0.15) is 44.1 Å². The summed E-state index contributed by atoms with van der Waals surface area (Å²) >= 11 is 0. The maximum Gasteiger partial charge on any atom is 0.343 e. The van der Waals surface area contributed by atoms with Gasteiger partial charge in [0, 0.05) is 12.5 Å². The highest BCUT2D eigenvalue weighted by Crippen LogP contribution is 2.41. The van der Waals surface area contributed by atoms with E-state index < -0.39 is 11.6 Å². The van der Waals surface area contributed by atoms with Crippen molar-refractivity contribution in [3.63, 3.8) is 0 Å². The van der Waals surface area contributed by atoms with Crippen molar-refractivity contribution in [2.24, 2.45) is 11.8 Å². The Labute approximate surface area is 155 Å². The number of rotatable bonds is 5. The average Bonchev–Trinajstić information content (AvgIpc) is 3.24. The fraction of sp³-hybridized carbons (Fsp3) is 0.591. The Balaban J connectivity index is 1.47. The number of aliphatic hydroxyl groups is 1. The van der Waals surface area contributed by atoms with Crippen molar-refractivity contribution >= 4 is 5.97 Å². The number of hydrogen-bond donors (Lipinski definition) is 1. The normalized spacial score (nSPS) is 29.7. The highest BCUT2D eigenvalue weighted by molar-refractivity contribution is 5.81. The van der Waals surface area contributed by atoms with Gasteiger partial charge < -0.3 is 9.84 Å². The predicted molar refractivity (Wildman–Crippen MR) is 101 cm³/mol. The van der Waals surface area contributed by atoms with Crippen molar-refractivity contribution < 1.29 is 14.6 Å². The molecule has 1 N–H and O–H groups in total. The predicted octanol–water partition coefficient (Wildman–Crippen LogP) is 3.26. The Hall–Kier alpha value is -1.65. The molecule has 3 saturated heterocycles. The van der Waals surface area contributed by atoms with Crippen LogP contribution in [0.4, 0.5) is 0 Å². The summed E-state index contributed by atoms with van der Waals surface area (Å²) in [6.07, 6.45) is 8.39. The molecule has 1 saturated carbocycles. The van der Waals surface area contributed by atoms with Crippen molar-refractivity contribution in [1.29, 1.82) is 0 Å². The van der Waals surface area contributed by atoms with E-state index in [1.165, 1.54) is 31.5 Å². The highest BCUT2D eigenvalue weighted by Gasteiger charge is 2.47. The van der Waals surface area contributed by atoms with Gasteiger partial charge in [-0.3, -0.25) is 4.90 Å². The van der Waals surface area contributed by atoms with Crippen LogP contribution in [0.3, 0.4) is 0 Å². The van der Waals surface area contributed by atoms with Gasteiger partial charge in [-0.15, -0.1) is 0 Å². The number of nitrogens with zero attached hydrogens (tertiary/aromatic N) is 1. The number of piperidine rings is 3. The number of carbonyl (C=O) groups excluding carboxylic acids is 1. The smallest absolute Gasteiger partial charge is 0.343 e. The first-order chi connectivity index (χ1) is 12.7. The van der Waals surface area contributed by atoms with Gasteiger partial charge in [0.15, 0.2) is 5.60 Å². The van der Waals surface area contributed by atoms with E-state index in [0.717, 1.165) is 32.2 Å². The van der Waals surface area contributed by atoms with Gasteiger partial charge in [0.2, 0.25) is 0 Å². The van der Waals surface area contributed by atoms with Crippen molar-refractivity contribution in [3.8, 4) is 0 Å². The van der Waals surface area contributed by atoms with Crippen LogP contribution < -0.4 is 0 Å². The van der Waals surface area contributed by atoms with Crippen molar-refractivity contribution in [2.45, 2.75) is 44.1 Å². The molecule has 5 rings (SSSR count). The van der Waals surface area contributed by atoms with Crippen molar-refractivity contribution in [3.05, 3.63) is 47.5 Å². The number of carbonyl (C=O) groups is 1. The third-order valence-corrected chi connectivity index (χ3v) is 6.55. The molecule has 2 bridgehead atoms. The summed E-state index contributed by atoms with van der Waals surface area (Å²) in [5.74, 6) is 0.108. The number of esters is 1. The highest BCUT2D eigenvalue weighted by atomic mass is 16.5. The molecule has 0 amide bonds. The monoisotopic (exact) mass is 355 g/mol. The molecule has 1 unspecified atom stereocenters. The molecule has 3 heterocycles. The molecule has 1 aromatic rings. The van der Waals surface area contributed by atoms with E-state index in [2.05, 4.69) is 11.0 Å². The van der Waals surface area contributed by atoms with E-state index in [1.807, 2.05) is 30.3 Å². The first kappa shape index (κ1) is 17.7. The Morgan fingerprint density at radius 3 is 2.46 bits per heavy atom. The summed E-state index contributed by atoms with van der Waals surface area (Å²) in [6, 6.07) is 9.33. The number of benzene rings is 1. The lowest BCUT2D eigenvalue weighted by Crippen LogP contribution is -2.44. The van der Waals surface area contributed by atoms with Gasteiger partial charge in [0.25, 0.3) is 0 Å². The first-order valence-corrected chi connectivity index (χ1v) is 10.0. The van der Waals surface area contributed by atoms with Crippen LogP contribution in [0.25, 0.3) is 0 Å². The maximum absolute atomic E-state index is 12.9. The minimum absolute atomic E-state index is 0.0538. The topological polar surface area (TPSA) is 49.8 Å². The van der Waals surface area contributed by atoms with Gasteiger partial charge in [0.1, 0.15) is 6.61 Å². The Morgan fingerprint density at radius 1 is 1.15 bits per heavy atom. The molecule has 0 radical (unpaired) electrons. The summed E-state index contributed by atoms with van der Waals surface area (Å²) in [5.41, 5.74) is 0.539. The Morgan fingerprint density at radius 2 is 1.85 bits per heavy atom. The second kappa shape index (κ2) is 7.53. The van der Waals surface area contributed by atoms with Gasteiger partial charge in [-0.05, 0) is 56.3 Å². The van der Waals surface area contributed by atoms with Gasteiger partial charge in [-0.25, -0.2) is 4.79 Å². The van der Waals surface area contributed by atoms with Crippen LogP contribution in [0.5, 0.6) is 0 Å². The van der Waals surface area contributed by atoms with E-state index in [-0.39, 0.29) is 12.5 Å². The van der Waals surface area contributed by atoms with Gasteiger partial charge in [0.05, 0.1) is 0 Å². The Kier molecular flexibility index (Phi) is 5.14. The Bertz CT molecular complexity index is 657. The zero-order valence-electron chi connectivity index (χ0n) is 15.4. The lowest BCUT2D eigenvalue weighted by atomic mass is 9.80. The van der Waals surface area contributed by atoms with E-state index >= 15 is 0 Å². The summed E-state index contributed by atoms with van der Waals surface area (Å²) < 4.78 is 5.60. The molecule has 4 heteroatoms. The molecule has 1 aromatic carbocycles. The summed E-state index contributed by atoms with van der Waals surface area (Å²) in [4.78, 5) is 15.4. The third-order valence-electron chi connectivity index (χ3n) is 6.55. The molecule has 1 atom stereocenters. The standard InChI is InChI=1S/C22H29NO3/c24-21(26-15-12-18-16-23-13-10-17(18)11-14-23)22(25,20-8-4-5-9-20)19-6-2-1-3-7-19/h1-3,6-7,12,17,20,25H,4-5,8-11,13-16H2/b18-12-. The molecular formula is C22H29NO3. The van der Waals surface area contributed by atoms with Gasteiger partial charge in [-0.1, -0.05) is 48.7 Å². The second-order valence-electron chi connectivity index (χ2n) is 8.04. The largest absolute Gasteiger partial charge is 0.459 e. The molecule has 0 spiro atoms. The average molecular weight is 355 g/mol. The van der Waals surface area contributed by atoms with E-state index in [0.29, 0.717) is 11.5 Å². The third kappa shape index (κ3) is 3.33. The molecule has 4 aliphatic rings. The molecular weight excluding hydrogens is 326 g/mol. The molecule has 1 aliphatic carbocycles. The zero-order valence-corrected chi connectivity index (χ0v) is 15.4. The van der Waals surface area contributed by atoms with Crippen LogP contribution in [0.15, 0.2) is 42.0 Å². The number of ether oxygens (including phenoxy) is 1. The van der Waals surface area contributed by atoms with Crippen LogP contribution in [-0.2, 0) is 15.1 Å². The van der Waals surface area contributed by atoms with Crippen LogP contribution in [0.2, 0.25) is 0 Å². The van der Waals surface area contributed by atoms with E-state index in [4.69, 9.17) is 4.74 Å². The molecule has 4 fully saturated rings. The van der Waals surface area contributed by atoms with Gasteiger partial charge in [-0.2, -0.15) is 0 Å². The maximum atomic E-state index is 12.9. The number of fused-ring (bicyclic) bond motifs is 3. The van der Waals surface area contributed by atoms with Crippen LogP contribution in [0, 0.1) is 11.8 Å². The molecule has 26 heavy (non-hydrogen) atoms. The van der Waals surface area contributed by atoms with Crippen LogP contribution >= 0.6 is 0 Å². The fourth-order valence-electron chi connectivity index (χ4n) is 4.97. The van der Waals surface area contributed by atoms with Crippen molar-refractivity contribution in [2.75, 3.05) is 26.2 Å². The van der Waals surface area contributed by atoms with E-state index in [9.17, 15) is 9.90 Å². The summed E-state index contributed by atoms with van der Waals surface area (Å²) in [6.45, 7) is 3.66. The lowest BCUT2D eigenvalue weighted by Gasteiger charge is -2.41. The molecule has 4 nitrogen and oxygen atoms in total. The minimum atomic E-state index is -1.52. The zero-order chi connectivity index (χ0) is 18.0. The minimum Gasteiger partial charge on any atom is -0.459 e. The molecule has 3 aliphatic heterocycles. The summed E-state index contributed by atoms with van der Waals surface area (Å²) in [5, 5.41) is 11.4. The summed E-state index contributed by atoms with van der Waals surface area (Å²) in [7, 11) is 0. The van der Waals surface area contributed by atoms with Crippen molar-refractivity contribution in [1.82, 2.24) is 4.90 Å². The lowest BCUT2D eigenvalue weighted by molar-refractivity contribution is -0.172. The van der Waals surface area contributed by atoms with Crippen LogP contribution in [-0.4, -0.2) is 42.2 Å². The second-order valence-corrected chi connectivity index (χ2v) is 8.04. The molecule has 140 valence electrons. The quantitative estimate of drug-likeness (QED) is 0.651. The van der Waals surface area contributed by atoms with Gasteiger partial charge >= 0.3 is 5.97 Å². The first-order valence-electron chi connectivity index (χ1n) is 10.0.